The predicted octanol–water partition coefficient (Wildman–Crippen LogP) is 3.13. The van der Waals surface area contributed by atoms with E-state index in [1.807, 2.05) is 18.2 Å². The number of aromatic nitrogens is 2. The molecule has 0 spiro atoms. The number of carbonyl (C=O) groups excluding carboxylic acids is 2. The predicted molar refractivity (Wildman–Crippen MR) is 91.4 cm³/mol. The molecule has 1 aliphatic heterocycles. The van der Waals surface area contributed by atoms with Gasteiger partial charge in [0.15, 0.2) is 5.78 Å². The van der Waals surface area contributed by atoms with Gasteiger partial charge in [-0.05, 0) is 24.3 Å². The molecule has 4 rings (SSSR count). The van der Waals surface area contributed by atoms with Crippen molar-refractivity contribution >= 4 is 29.0 Å². The first-order valence-corrected chi connectivity index (χ1v) is 7.48. The molecule has 1 amide bonds. The van der Waals surface area contributed by atoms with Gasteiger partial charge < -0.3 is 10.3 Å². The van der Waals surface area contributed by atoms with E-state index in [-0.39, 0.29) is 11.7 Å². The van der Waals surface area contributed by atoms with Crippen LogP contribution in [0.3, 0.4) is 0 Å². The Hall–Kier alpha value is -3.47. The second-order valence-electron chi connectivity index (χ2n) is 5.47. The molecule has 24 heavy (non-hydrogen) atoms. The van der Waals surface area contributed by atoms with Crippen LogP contribution < -0.4 is 5.32 Å². The molecule has 0 atom stereocenters. The summed E-state index contributed by atoms with van der Waals surface area (Å²) in [6, 6.07) is 14.3. The largest absolute Gasteiger partial charge is 0.345 e. The van der Waals surface area contributed by atoms with Crippen molar-refractivity contribution in [3.8, 4) is 0 Å². The highest BCUT2D eigenvalue weighted by atomic mass is 16.2. The molecule has 0 radical (unpaired) electrons. The number of hydrogen-bond acceptors (Lipinski definition) is 3. The number of amides is 1. The number of carbonyl (C=O) groups is 2. The van der Waals surface area contributed by atoms with E-state index in [2.05, 4.69) is 15.3 Å². The molecule has 2 aromatic carbocycles. The van der Waals surface area contributed by atoms with Crippen molar-refractivity contribution in [1.29, 1.82) is 0 Å². The second-order valence-corrected chi connectivity index (χ2v) is 5.47. The van der Waals surface area contributed by atoms with E-state index in [1.54, 1.807) is 48.9 Å². The van der Waals surface area contributed by atoms with Gasteiger partial charge in [0.05, 0.1) is 23.8 Å². The third kappa shape index (κ3) is 2.42. The second kappa shape index (κ2) is 5.62. The number of rotatable bonds is 3. The topological polar surface area (TPSA) is 74.8 Å². The molecule has 0 unspecified atom stereocenters. The number of nitrogens with zero attached hydrogens (tertiary/aromatic N) is 1. The van der Waals surface area contributed by atoms with Crippen LogP contribution in [0.15, 0.2) is 61.1 Å². The molecule has 2 heterocycles. The number of hydrogen-bond donors (Lipinski definition) is 2. The number of fused-ring (bicyclic) bond motifs is 1. The van der Waals surface area contributed by atoms with Gasteiger partial charge in [-0.2, -0.15) is 0 Å². The first-order valence-electron chi connectivity index (χ1n) is 7.48. The van der Waals surface area contributed by atoms with Crippen LogP contribution in [0.2, 0.25) is 0 Å². The molecular weight excluding hydrogens is 302 g/mol. The van der Waals surface area contributed by atoms with Gasteiger partial charge >= 0.3 is 0 Å². The first kappa shape index (κ1) is 14.1. The molecule has 0 fully saturated rings. The average molecular weight is 315 g/mol. The van der Waals surface area contributed by atoms with Crippen molar-refractivity contribution in [2.45, 2.75) is 0 Å². The van der Waals surface area contributed by atoms with Crippen LogP contribution in [-0.4, -0.2) is 21.7 Å². The summed E-state index contributed by atoms with van der Waals surface area (Å²) in [5, 5.41) is 2.81. The molecular formula is C19H13N3O2. The molecule has 1 aromatic heterocycles. The van der Waals surface area contributed by atoms with E-state index in [4.69, 9.17) is 0 Å². The Bertz CT molecular complexity index is 958. The molecule has 0 saturated carbocycles. The zero-order chi connectivity index (χ0) is 16.5. The van der Waals surface area contributed by atoms with Crippen LogP contribution in [0.25, 0.3) is 11.6 Å². The number of H-pyrrole nitrogens is 1. The maximum absolute atomic E-state index is 12.6. The molecule has 116 valence electrons. The van der Waals surface area contributed by atoms with Gasteiger partial charge in [0.25, 0.3) is 5.91 Å². The van der Waals surface area contributed by atoms with Crippen LogP contribution in [0, 0.1) is 0 Å². The van der Waals surface area contributed by atoms with Crippen molar-refractivity contribution in [1.82, 2.24) is 9.97 Å². The SMILES string of the molecule is O=C1Nc2ccc(C(=O)c3ccccc3)cc2C1=Cc1cnc[nH]1. The highest BCUT2D eigenvalue weighted by Crippen LogP contribution is 2.34. The maximum atomic E-state index is 12.6. The molecule has 0 bridgehead atoms. The van der Waals surface area contributed by atoms with E-state index < -0.39 is 0 Å². The number of nitrogens with one attached hydrogen (secondary N) is 2. The summed E-state index contributed by atoms with van der Waals surface area (Å²) < 4.78 is 0. The Morgan fingerprint density at radius 1 is 1.04 bits per heavy atom. The van der Waals surface area contributed by atoms with E-state index in [9.17, 15) is 9.59 Å². The van der Waals surface area contributed by atoms with Crippen molar-refractivity contribution in [3.63, 3.8) is 0 Å². The van der Waals surface area contributed by atoms with Gasteiger partial charge in [-0.25, -0.2) is 4.98 Å². The smallest absolute Gasteiger partial charge is 0.256 e. The van der Waals surface area contributed by atoms with Crippen LogP contribution >= 0.6 is 0 Å². The molecule has 1 aliphatic rings. The Kier molecular flexibility index (Phi) is 3.31. The lowest BCUT2D eigenvalue weighted by Gasteiger charge is -2.04. The Morgan fingerprint density at radius 3 is 2.62 bits per heavy atom. The number of imidazole rings is 1. The molecule has 5 nitrogen and oxygen atoms in total. The zero-order valence-electron chi connectivity index (χ0n) is 12.6. The lowest BCUT2D eigenvalue weighted by molar-refractivity contribution is -0.110. The highest BCUT2D eigenvalue weighted by molar-refractivity contribution is 6.35. The highest BCUT2D eigenvalue weighted by Gasteiger charge is 2.25. The summed E-state index contributed by atoms with van der Waals surface area (Å²) in [4.78, 5) is 31.7. The number of aromatic amines is 1. The van der Waals surface area contributed by atoms with Crippen molar-refractivity contribution in [2.24, 2.45) is 0 Å². The monoisotopic (exact) mass is 315 g/mol. The van der Waals surface area contributed by atoms with Gasteiger partial charge in [0.2, 0.25) is 0 Å². The van der Waals surface area contributed by atoms with Crippen LogP contribution in [0.1, 0.15) is 27.2 Å². The minimum absolute atomic E-state index is 0.0707. The molecule has 0 saturated heterocycles. The van der Waals surface area contributed by atoms with E-state index in [0.29, 0.717) is 22.4 Å². The first-order chi connectivity index (χ1) is 11.7. The quantitative estimate of drug-likeness (QED) is 0.576. The maximum Gasteiger partial charge on any atom is 0.256 e. The fourth-order valence-corrected chi connectivity index (χ4v) is 2.73. The third-order valence-corrected chi connectivity index (χ3v) is 3.92. The number of benzene rings is 2. The summed E-state index contributed by atoms with van der Waals surface area (Å²) in [5.41, 5.74) is 3.83. The lowest BCUT2D eigenvalue weighted by atomic mass is 9.98. The Morgan fingerprint density at radius 2 is 1.88 bits per heavy atom. The Labute approximate surface area is 138 Å². The van der Waals surface area contributed by atoms with Crippen molar-refractivity contribution in [2.75, 3.05) is 5.32 Å². The summed E-state index contributed by atoms with van der Waals surface area (Å²) in [6.45, 7) is 0. The standard InChI is InChI=1S/C19H13N3O2/c23-18(12-4-2-1-3-5-12)13-6-7-17-15(8-13)16(19(24)22-17)9-14-10-20-11-21-14/h1-11H,(H,20,21)(H,22,24). The van der Waals surface area contributed by atoms with Gasteiger partial charge in [-0.15, -0.1) is 0 Å². The molecule has 0 aliphatic carbocycles. The fourth-order valence-electron chi connectivity index (χ4n) is 2.73. The molecule has 5 heteroatoms. The minimum atomic E-state index is -0.191. The summed E-state index contributed by atoms with van der Waals surface area (Å²) >= 11 is 0. The van der Waals surface area contributed by atoms with Gasteiger partial charge in [-0.1, -0.05) is 30.3 Å². The van der Waals surface area contributed by atoms with Gasteiger partial charge in [-0.3, -0.25) is 9.59 Å². The van der Waals surface area contributed by atoms with E-state index in [1.165, 1.54) is 0 Å². The van der Waals surface area contributed by atoms with E-state index in [0.717, 1.165) is 11.3 Å². The number of ketones is 1. The van der Waals surface area contributed by atoms with Crippen LogP contribution in [0.5, 0.6) is 0 Å². The van der Waals surface area contributed by atoms with Gasteiger partial charge in [0, 0.05) is 22.4 Å². The number of anilines is 1. The van der Waals surface area contributed by atoms with Crippen molar-refractivity contribution < 1.29 is 9.59 Å². The minimum Gasteiger partial charge on any atom is -0.345 e. The lowest BCUT2D eigenvalue weighted by Crippen LogP contribution is -2.03. The van der Waals surface area contributed by atoms with Crippen LogP contribution in [-0.2, 0) is 4.79 Å². The van der Waals surface area contributed by atoms with Crippen molar-refractivity contribution in [3.05, 3.63) is 83.4 Å². The van der Waals surface area contributed by atoms with E-state index >= 15 is 0 Å². The summed E-state index contributed by atoms with van der Waals surface area (Å²) in [5.74, 6) is -0.262. The summed E-state index contributed by atoms with van der Waals surface area (Å²) in [6.07, 6.45) is 4.91. The molecule has 3 aromatic rings. The average Bonchev–Trinajstić information content (AvgIpc) is 3.23. The third-order valence-electron chi connectivity index (χ3n) is 3.92. The molecule has 2 N–H and O–H groups in total. The zero-order valence-corrected chi connectivity index (χ0v) is 12.6. The normalized spacial score (nSPS) is 14.5. The fraction of sp³-hybridized carbons (Fsp3) is 0. The Balaban J connectivity index is 1.77. The van der Waals surface area contributed by atoms with Crippen LogP contribution in [0.4, 0.5) is 5.69 Å². The summed E-state index contributed by atoms with van der Waals surface area (Å²) in [7, 11) is 0. The van der Waals surface area contributed by atoms with Gasteiger partial charge in [0.1, 0.15) is 0 Å².